The van der Waals surface area contributed by atoms with Crippen molar-refractivity contribution in [3.63, 3.8) is 0 Å². The molecule has 0 spiro atoms. The van der Waals surface area contributed by atoms with E-state index in [1.165, 1.54) is 0 Å². The summed E-state index contributed by atoms with van der Waals surface area (Å²) < 4.78 is 0. The van der Waals surface area contributed by atoms with Gasteiger partial charge in [-0.15, -0.1) is 0 Å². The second kappa shape index (κ2) is 18.8. The molecule has 0 amide bonds. The van der Waals surface area contributed by atoms with E-state index in [1.807, 2.05) is 0 Å². The van der Waals surface area contributed by atoms with Crippen LogP contribution in [0.1, 0.15) is 0 Å². The van der Waals surface area contributed by atoms with Crippen LogP contribution < -0.4 is 0 Å². The molecular formula is C9H15O6P. The van der Waals surface area contributed by atoms with E-state index >= 15 is 0 Å². The van der Waals surface area contributed by atoms with Crippen LogP contribution in [0.15, 0.2) is 38.0 Å². The molecule has 0 aromatic rings. The Balaban J connectivity index is -0.0000000655. The third-order valence-corrected chi connectivity index (χ3v) is 0.524. The van der Waals surface area contributed by atoms with Gasteiger partial charge in [0.2, 0.25) is 0 Å². The van der Waals surface area contributed by atoms with Gasteiger partial charge in [0.15, 0.2) is 0 Å². The number of rotatable bonds is 3. The Bertz CT molecular complexity index is 216. The van der Waals surface area contributed by atoms with Gasteiger partial charge in [0.1, 0.15) is 0 Å². The van der Waals surface area contributed by atoms with E-state index in [4.69, 9.17) is 15.3 Å². The molecule has 1 atom stereocenters. The zero-order chi connectivity index (χ0) is 12.9. The molecule has 7 heteroatoms. The molecule has 0 heterocycles. The predicted octanol–water partition coefficient (Wildman–Crippen LogP) is 0.829. The summed E-state index contributed by atoms with van der Waals surface area (Å²) in [4.78, 5) is 27.8. The molecule has 0 radical (unpaired) electrons. The van der Waals surface area contributed by atoms with Crippen LogP contribution in [0.2, 0.25) is 0 Å². The second-order valence-corrected chi connectivity index (χ2v) is 1.63. The summed E-state index contributed by atoms with van der Waals surface area (Å²) >= 11 is 0. The van der Waals surface area contributed by atoms with Gasteiger partial charge in [-0.3, -0.25) is 0 Å². The second-order valence-electron chi connectivity index (χ2n) is 1.63. The predicted molar refractivity (Wildman–Crippen MR) is 64.6 cm³/mol. The summed E-state index contributed by atoms with van der Waals surface area (Å²) in [6.07, 6.45) is 2.50. The van der Waals surface area contributed by atoms with Crippen molar-refractivity contribution in [2.45, 2.75) is 0 Å². The van der Waals surface area contributed by atoms with Gasteiger partial charge >= 0.3 is 17.9 Å². The molecule has 6 nitrogen and oxygen atoms in total. The lowest BCUT2D eigenvalue weighted by molar-refractivity contribution is -0.132. The Morgan fingerprint density at radius 3 is 0.750 bits per heavy atom. The largest absolute Gasteiger partial charge is 0.478 e. The highest BCUT2D eigenvalue weighted by Crippen LogP contribution is 1.55. The lowest BCUT2D eigenvalue weighted by Crippen LogP contribution is -1.82. The van der Waals surface area contributed by atoms with E-state index in [0.717, 1.165) is 18.2 Å². The molecular weight excluding hydrogens is 235 g/mol. The maximum Gasteiger partial charge on any atom is 0.327 e. The van der Waals surface area contributed by atoms with Crippen molar-refractivity contribution in [3.05, 3.63) is 38.0 Å². The van der Waals surface area contributed by atoms with Gasteiger partial charge in [-0.25, -0.2) is 14.4 Å². The summed E-state index contributed by atoms with van der Waals surface area (Å²) in [6, 6.07) is 0. The number of carboxylic acid groups (broad SMARTS) is 3. The lowest BCUT2D eigenvalue weighted by Gasteiger charge is -1.64. The monoisotopic (exact) mass is 250 g/mol. The number of aliphatic carboxylic acids is 3. The van der Waals surface area contributed by atoms with Crippen LogP contribution in [0.4, 0.5) is 0 Å². The molecule has 1 unspecified atom stereocenters. The minimum Gasteiger partial charge on any atom is -0.478 e. The van der Waals surface area contributed by atoms with Gasteiger partial charge in [-0.2, -0.15) is 9.90 Å². The van der Waals surface area contributed by atoms with Crippen LogP contribution in [0.3, 0.4) is 0 Å². The molecule has 0 aliphatic carbocycles. The smallest absolute Gasteiger partial charge is 0.327 e. The molecule has 0 aliphatic heterocycles. The molecule has 0 aromatic carbocycles. The first-order valence-corrected chi connectivity index (χ1v) is 3.37. The van der Waals surface area contributed by atoms with E-state index in [9.17, 15) is 14.4 Å². The lowest BCUT2D eigenvalue weighted by atomic mass is 10.7. The van der Waals surface area contributed by atoms with Crippen LogP contribution in [-0.4, -0.2) is 33.2 Å². The standard InChI is InChI=1S/3C3H4O2.H3P/c3*1-2-3(4)5;/h3*2H,1H2,(H,4,5);1H3. The van der Waals surface area contributed by atoms with Crippen LogP contribution in [-0.2, 0) is 14.4 Å². The fourth-order valence-electron chi connectivity index (χ4n) is 0. The highest BCUT2D eigenvalue weighted by Gasteiger charge is 1.74. The van der Waals surface area contributed by atoms with E-state index in [2.05, 4.69) is 19.7 Å². The summed E-state index contributed by atoms with van der Waals surface area (Å²) in [5.74, 6) is -2.94. The number of carbonyl (C=O) groups is 3. The van der Waals surface area contributed by atoms with Crippen molar-refractivity contribution in [1.82, 2.24) is 0 Å². The minimum absolute atomic E-state index is 0. The van der Waals surface area contributed by atoms with Gasteiger partial charge in [0, 0.05) is 18.2 Å². The van der Waals surface area contributed by atoms with Gasteiger partial charge < -0.3 is 15.3 Å². The Hall–Kier alpha value is -1.94. The Labute approximate surface area is 96.2 Å². The first kappa shape index (κ1) is 23.7. The van der Waals surface area contributed by atoms with Crippen LogP contribution in [0.25, 0.3) is 0 Å². The summed E-state index contributed by atoms with van der Waals surface area (Å²) in [7, 11) is 0. The Morgan fingerprint density at radius 1 is 0.688 bits per heavy atom. The van der Waals surface area contributed by atoms with Crippen molar-refractivity contribution >= 4 is 27.8 Å². The molecule has 0 aliphatic rings. The topological polar surface area (TPSA) is 112 Å². The molecule has 16 heavy (non-hydrogen) atoms. The molecule has 0 bridgehead atoms. The Kier molecular flexibility index (Phi) is 27.8. The summed E-state index contributed by atoms with van der Waals surface area (Å²) in [6.45, 7) is 8.88. The fraction of sp³-hybridized carbons (Fsp3) is 0. The highest BCUT2D eigenvalue weighted by atomic mass is 31.0. The van der Waals surface area contributed by atoms with E-state index < -0.39 is 17.9 Å². The van der Waals surface area contributed by atoms with Crippen molar-refractivity contribution < 1.29 is 29.7 Å². The molecule has 0 rings (SSSR count). The van der Waals surface area contributed by atoms with Gasteiger partial charge in [-0.05, 0) is 0 Å². The number of hydrogen-bond acceptors (Lipinski definition) is 3. The molecule has 3 N–H and O–H groups in total. The number of hydrogen-bond donors (Lipinski definition) is 3. The third-order valence-electron chi connectivity index (χ3n) is 0.524. The molecule has 92 valence electrons. The highest BCUT2D eigenvalue weighted by molar-refractivity contribution is 6.92. The summed E-state index contributed by atoms with van der Waals surface area (Å²) in [5, 5.41) is 22.8. The molecule has 0 saturated heterocycles. The SMILES string of the molecule is C=CC(=O)O.C=CC(=O)O.C=CC(=O)O.P. The minimum atomic E-state index is -0.981. The summed E-state index contributed by atoms with van der Waals surface area (Å²) in [5.41, 5.74) is 0. The fourth-order valence-corrected chi connectivity index (χ4v) is 0. The van der Waals surface area contributed by atoms with Crippen molar-refractivity contribution in [1.29, 1.82) is 0 Å². The molecule has 0 saturated carbocycles. The van der Waals surface area contributed by atoms with Crippen LogP contribution in [0, 0.1) is 0 Å². The first-order valence-electron chi connectivity index (χ1n) is 3.37. The molecule has 0 aromatic heterocycles. The van der Waals surface area contributed by atoms with Crippen molar-refractivity contribution in [3.8, 4) is 0 Å². The maximum atomic E-state index is 9.25. The normalized spacial score (nSPS) is 6.00. The zero-order valence-electron chi connectivity index (χ0n) is 8.63. The van der Waals surface area contributed by atoms with Crippen molar-refractivity contribution in [2.24, 2.45) is 0 Å². The van der Waals surface area contributed by atoms with Crippen molar-refractivity contribution in [2.75, 3.05) is 0 Å². The average Bonchev–Trinajstić information content (AvgIpc) is 2.19. The number of carboxylic acids is 3. The van der Waals surface area contributed by atoms with Crippen LogP contribution in [0.5, 0.6) is 0 Å². The van der Waals surface area contributed by atoms with Crippen LogP contribution >= 0.6 is 9.90 Å². The Morgan fingerprint density at radius 2 is 0.750 bits per heavy atom. The molecule has 0 fully saturated rings. The first-order chi connectivity index (χ1) is 6.81. The van der Waals surface area contributed by atoms with E-state index in [-0.39, 0.29) is 9.90 Å². The quantitative estimate of drug-likeness (QED) is 0.505. The third kappa shape index (κ3) is 89.5. The van der Waals surface area contributed by atoms with Gasteiger partial charge in [0.25, 0.3) is 0 Å². The van der Waals surface area contributed by atoms with E-state index in [1.54, 1.807) is 0 Å². The van der Waals surface area contributed by atoms with Gasteiger partial charge in [0.05, 0.1) is 0 Å². The zero-order valence-corrected chi connectivity index (χ0v) is 10.0. The average molecular weight is 250 g/mol. The van der Waals surface area contributed by atoms with E-state index in [0.29, 0.717) is 0 Å². The maximum absolute atomic E-state index is 9.25. The van der Waals surface area contributed by atoms with Gasteiger partial charge in [-0.1, -0.05) is 19.7 Å².